The third-order valence-corrected chi connectivity index (χ3v) is 6.35. The lowest BCUT2D eigenvalue weighted by Crippen LogP contribution is -2.26. The molecule has 5 atom stereocenters. The maximum Gasteiger partial charge on any atom is 0.331 e. The van der Waals surface area contributed by atoms with E-state index in [2.05, 4.69) is 12.2 Å². The van der Waals surface area contributed by atoms with E-state index < -0.39 is 11.9 Å². The Hall–Kier alpha value is -2.10. The average Bonchev–Trinajstić information content (AvgIpc) is 3.27. The number of aliphatic carboxylic acids is 1. The van der Waals surface area contributed by atoms with Crippen LogP contribution in [0.4, 0.5) is 0 Å². The van der Waals surface area contributed by atoms with Crippen molar-refractivity contribution in [3.63, 3.8) is 0 Å². The molecule has 0 amide bonds. The van der Waals surface area contributed by atoms with E-state index in [0.717, 1.165) is 31.4 Å². The highest BCUT2D eigenvalue weighted by Crippen LogP contribution is 2.67. The Balaban J connectivity index is 1.39. The number of allylic oxidation sites excluding steroid dienone is 4. The van der Waals surface area contributed by atoms with Crippen LogP contribution in [0.2, 0.25) is 0 Å². The SMILES string of the molecule is O=C(O)/C=C\C(=O)OC1C2CCC1C1=C2C2C[C@@H]1C1=C2C=CC1. The van der Waals surface area contributed by atoms with E-state index in [9.17, 15) is 9.59 Å². The smallest absolute Gasteiger partial charge is 0.331 e. The van der Waals surface area contributed by atoms with Crippen LogP contribution in [-0.4, -0.2) is 23.1 Å². The molecular formula is C19H18O4. The van der Waals surface area contributed by atoms with Crippen LogP contribution in [0.15, 0.2) is 46.6 Å². The minimum Gasteiger partial charge on any atom is -0.478 e. The molecule has 0 aromatic carbocycles. The van der Waals surface area contributed by atoms with Gasteiger partial charge in [0.25, 0.3) is 0 Å². The van der Waals surface area contributed by atoms with Crippen molar-refractivity contribution in [3.8, 4) is 0 Å². The largest absolute Gasteiger partial charge is 0.478 e. The van der Waals surface area contributed by atoms with Crippen molar-refractivity contribution in [2.24, 2.45) is 23.7 Å². The summed E-state index contributed by atoms with van der Waals surface area (Å²) in [5, 5.41) is 8.63. The topological polar surface area (TPSA) is 63.6 Å². The lowest BCUT2D eigenvalue weighted by molar-refractivity contribution is -0.145. The van der Waals surface area contributed by atoms with Crippen LogP contribution >= 0.6 is 0 Å². The lowest BCUT2D eigenvalue weighted by atomic mass is 9.80. The molecule has 0 aromatic rings. The summed E-state index contributed by atoms with van der Waals surface area (Å²) in [6.07, 6.45) is 10.9. The molecule has 1 fully saturated rings. The van der Waals surface area contributed by atoms with E-state index in [0.29, 0.717) is 23.7 Å². The van der Waals surface area contributed by atoms with Gasteiger partial charge in [0.15, 0.2) is 0 Å². The summed E-state index contributed by atoms with van der Waals surface area (Å²) < 4.78 is 5.66. The molecule has 0 heterocycles. The predicted octanol–water partition coefficient (Wildman–Crippen LogP) is 2.78. The fourth-order valence-electron chi connectivity index (χ4n) is 5.79. The van der Waals surface area contributed by atoms with Gasteiger partial charge in [-0.05, 0) is 31.3 Å². The Bertz CT molecular complexity index is 751. The highest BCUT2D eigenvalue weighted by atomic mass is 16.5. The highest BCUT2D eigenvalue weighted by molar-refractivity contribution is 5.90. The maximum absolute atomic E-state index is 11.9. The molecule has 5 aliphatic rings. The molecule has 4 unspecified atom stereocenters. The standard InChI is InChI=1S/C19H18O4/c20-15(21)6-7-16(22)23-19-11-4-5-12(19)18-14-8-13(17(11)18)9-2-1-3-10(9)14/h1-2,6-7,11-14,19H,3-5,8H2,(H,20,21)/b7-6-/t11?,12?,13?,14-,19?/m1/s1. The first-order chi connectivity index (χ1) is 11.1. The number of hydrogen-bond donors (Lipinski definition) is 1. The Morgan fingerprint density at radius 3 is 2.61 bits per heavy atom. The van der Waals surface area contributed by atoms with Crippen molar-refractivity contribution in [2.45, 2.75) is 31.8 Å². The van der Waals surface area contributed by atoms with Gasteiger partial charge >= 0.3 is 11.9 Å². The molecule has 4 bridgehead atoms. The number of hydrogen-bond acceptors (Lipinski definition) is 3. The zero-order chi connectivity index (χ0) is 15.7. The Morgan fingerprint density at radius 2 is 1.87 bits per heavy atom. The molecule has 0 spiro atoms. The van der Waals surface area contributed by atoms with Crippen molar-refractivity contribution in [2.75, 3.05) is 0 Å². The molecule has 0 saturated heterocycles. The van der Waals surface area contributed by atoms with E-state index in [1.807, 2.05) is 0 Å². The van der Waals surface area contributed by atoms with Crippen molar-refractivity contribution in [3.05, 3.63) is 46.6 Å². The average molecular weight is 310 g/mol. The third kappa shape index (κ3) is 1.66. The van der Waals surface area contributed by atoms with Gasteiger partial charge in [0, 0.05) is 35.8 Å². The second-order valence-corrected chi connectivity index (χ2v) is 7.20. The van der Waals surface area contributed by atoms with Gasteiger partial charge in [0.05, 0.1) is 0 Å². The van der Waals surface area contributed by atoms with Crippen LogP contribution < -0.4 is 0 Å². The van der Waals surface area contributed by atoms with Crippen LogP contribution in [0, 0.1) is 23.7 Å². The fourth-order valence-corrected chi connectivity index (χ4v) is 5.79. The first-order valence-corrected chi connectivity index (χ1v) is 8.40. The second-order valence-electron chi connectivity index (χ2n) is 7.20. The van der Waals surface area contributed by atoms with Crippen LogP contribution in [0.25, 0.3) is 0 Å². The van der Waals surface area contributed by atoms with E-state index in [-0.39, 0.29) is 6.10 Å². The van der Waals surface area contributed by atoms with E-state index in [4.69, 9.17) is 9.84 Å². The van der Waals surface area contributed by atoms with Gasteiger partial charge in [0.1, 0.15) is 6.10 Å². The zero-order valence-electron chi connectivity index (χ0n) is 12.7. The molecule has 4 nitrogen and oxygen atoms in total. The molecule has 5 aliphatic carbocycles. The summed E-state index contributed by atoms with van der Waals surface area (Å²) >= 11 is 0. The molecular weight excluding hydrogens is 292 g/mol. The number of carboxylic acid groups (broad SMARTS) is 1. The van der Waals surface area contributed by atoms with Crippen LogP contribution in [0.3, 0.4) is 0 Å². The van der Waals surface area contributed by atoms with Crippen LogP contribution in [0.1, 0.15) is 25.7 Å². The molecule has 0 aromatic heterocycles. The molecule has 1 saturated carbocycles. The monoisotopic (exact) mass is 310 g/mol. The number of carbonyl (C=O) groups is 2. The number of carboxylic acids is 1. The summed E-state index contributed by atoms with van der Waals surface area (Å²) in [6.45, 7) is 0. The fraction of sp³-hybridized carbons (Fsp3) is 0.474. The number of esters is 1. The molecule has 5 rings (SSSR count). The highest BCUT2D eigenvalue weighted by Gasteiger charge is 2.59. The van der Waals surface area contributed by atoms with Crippen LogP contribution in [0.5, 0.6) is 0 Å². The first-order valence-electron chi connectivity index (χ1n) is 8.40. The molecule has 0 radical (unpaired) electrons. The van der Waals surface area contributed by atoms with Crippen molar-refractivity contribution in [1.29, 1.82) is 0 Å². The molecule has 23 heavy (non-hydrogen) atoms. The van der Waals surface area contributed by atoms with E-state index >= 15 is 0 Å². The molecule has 0 aliphatic heterocycles. The molecule has 118 valence electrons. The van der Waals surface area contributed by atoms with Gasteiger partial charge in [-0.25, -0.2) is 9.59 Å². The second kappa shape index (κ2) is 4.47. The Morgan fingerprint density at radius 1 is 1.13 bits per heavy atom. The van der Waals surface area contributed by atoms with Gasteiger partial charge in [-0.15, -0.1) is 0 Å². The summed E-state index contributed by atoms with van der Waals surface area (Å²) in [5.41, 5.74) is 6.29. The first kappa shape index (κ1) is 13.3. The number of ether oxygens (including phenoxy) is 1. The van der Waals surface area contributed by atoms with Gasteiger partial charge in [0.2, 0.25) is 0 Å². The Kier molecular flexibility index (Phi) is 2.59. The van der Waals surface area contributed by atoms with Gasteiger partial charge in [-0.3, -0.25) is 0 Å². The van der Waals surface area contributed by atoms with Gasteiger partial charge < -0.3 is 9.84 Å². The summed E-state index contributed by atoms with van der Waals surface area (Å²) in [4.78, 5) is 22.4. The number of fused-ring (bicyclic) bond motifs is 10. The van der Waals surface area contributed by atoms with Crippen molar-refractivity contribution in [1.82, 2.24) is 0 Å². The number of rotatable bonds is 3. The predicted molar refractivity (Wildman–Crippen MR) is 82.3 cm³/mol. The Labute approximate surface area is 134 Å². The van der Waals surface area contributed by atoms with Crippen molar-refractivity contribution < 1.29 is 19.4 Å². The lowest BCUT2D eigenvalue weighted by Gasteiger charge is -2.24. The van der Waals surface area contributed by atoms with Crippen LogP contribution in [-0.2, 0) is 14.3 Å². The maximum atomic E-state index is 11.9. The molecule has 1 N–H and O–H groups in total. The minimum atomic E-state index is -1.12. The minimum absolute atomic E-state index is 0.0692. The van der Waals surface area contributed by atoms with E-state index in [1.165, 1.54) is 12.0 Å². The summed E-state index contributed by atoms with van der Waals surface area (Å²) in [5.74, 6) is 0.226. The van der Waals surface area contributed by atoms with Gasteiger partial charge in [-0.1, -0.05) is 28.9 Å². The quantitative estimate of drug-likeness (QED) is 0.377. The summed E-state index contributed by atoms with van der Waals surface area (Å²) in [6, 6.07) is 0. The summed E-state index contributed by atoms with van der Waals surface area (Å²) in [7, 11) is 0. The van der Waals surface area contributed by atoms with Crippen molar-refractivity contribution >= 4 is 11.9 Å². The number of carbonyl (C=O) groups excluding carboxylic acids is 1. The normalized spacial score (nSPS) is 38.9. The molecule has 4 heteroatoms. The third-order valence-electron chi connectivity index (χ3n) is 6.35. The van der Waals surface area contributed by atoms with E-state index in [1.54, 1.807) is 16.7 Å². The zero-order valence-corrected chi connectivity index (χ0v) is 12.7. The van der Waals surface area contributed by atoms with Gasteiger partial charge in [-0.2, -0.15) is 0 Å².